The molecule has 0 aromatic carbocycles. The van der Waals surface area contributed by atoms with Crippen molar-refractivity contribution in [2.45, 2.75) is 19.8 Å². The van der Waals surface area contributed by atoms with Gasteiger partial charge in [0.05, 0.1) is 18.1 Å². The van der Waals surface area contributed by atoms with E-state index in [9.17, 15) is 0 Å². The molecule has 1 fully saturated rings. The predicted molar refractivity (Wildman–Crippen MR) is 57.1 cm³/mol. The van der Waals surface area contributed by atoms with Gasteiger partial charge in [0.2, 0.25) is 5.95 Å². The van der Waals surface area contributed by atoms with Crippen LogP contribution < -0.4 is 10.6 Å². The van der Waals surface area contributed by atoms with E-state index in [2.05, 4.69) is 21.8 Å². The van der Waals surface area contributed by atoms with Gasteiger partial charge in [-0.25, -0.2) is 9.97 Å². The molecule has 0 aliphatic carbocycles. The summed E-state index contributed by atoms with van der Waals surface area (Å²) < 4.78 is 0. The van der Waals surface area contributed by atoms with Crippen LogP contribution in [-0.4, -0.2) is 23.1 Å². The highest BCUT2D eigenvalue weighted by Crippen LogP contribution is 2.19. The fourth-order valence-corrected chi connectivity index (χ4v) is 1.70. The van der Waals surface area contributed by atoms with Gasteiger partial charge in [0, 0.05) is 13.1 Å². The number of aromatic nitrogens is 2. The first-order valence-corrected chi connectivity index (χ1v) is 5.08. The first-order chi connectivity index (χ1) is 6.75. The Kier molecular flexibility index (Phi) is 2.52. The van der Waals surface area contributed by atoms with Gasteiger partial charge in [0.25, 0.3) is 0 Å². The maximum absolute atomic E-state index is 5.53. The minimum atomic E-state index is 0.624. The highest BCUT2D eigenvalue weighted by molar-refractivity contribution is 5.37. The smallest absolute Gasteiger partial charge is 0.225 e. The zero-order chi connectivity index (χ0) is 9.97. The molecule has 1 aliphatic heterocycles. The maximum atomic E-state index is 5.53. The Morgan fingerprint density at radius 3 is 2.43 bits per heavy atom. The summed E-state index contributed by atoms with van der Waals surface area (Å²) in [7, 11) is 0. The van der Waals surface area contributed by atoms with Crippen molar-refractivity contribution in [1.29, 1.82) is 0 Å². The van der Waals surface area contributed by atoms with Crippen molar-refractivity contribution in [2.75, 3.05) is 23.7 Å². The lowest BCUT2D eigenvalue weighted by Gasteiger charge is -2.30. The third kappa shape index (κ3) is 1.95. The molecule has 0 saturated carbocycles. The molecule has 1 aromatic rings. The van der Waals surface area contributed by atoms with Crippen LogP contribution in [0.15, 0.2) is 12.4 Å². The van der Waals surface area contributed by atoms with Crippen LogP contribution in [0.3, 0.4) is 0 Å². The zero-order valence-electron chi connectivity index (χ0n) is 8.48. The number of nitrogens with zero attached hydrogens (tertiary/aromatic N) is 3. The fourth-order valence-electron chi connectivity index (χ4n) is 1.70. The summed E-state index contributed by atoms with van der Waals surface area (Å²) >= 11 is 0. The maximum Gasteiger partial charge on any atom is 0.225 e. The van der Waals surface area contributed by atoms with Crippen molar-refractivity contribution in [2.24, 2.45) is 5.92 Å². The minimum absolute atomic E-state index is 0.624. The second-order valence-corrected chi connectivity index (χ2v) is 3.99. The zero-order valence-corrected chi connectivity index (χ0v) is 8.48. The molecule has 2 N–H and O–H groups in total. The average Bonchev–Trinajstić information content (AvgIpc) is 2.21. The molecule has 0 bridgehead atoms. The second-order valence-electron chi connectivity index (χ2n) is 3.99. The van der Waals surface area contributed by atoms with Crippen LogP contribution in [0.5, 0.6) is 0 Å². The standard InChI is InChI=1S/C10H16N4/c1-8-2-4-14(5-3-8)10-12-6-9(11)7-13-10/h6-8H,2-5,11H2,1H3. The van der Waals surface area contributed by atoms with Gasteiger partial charge < -0.3 is 10.6 Å². The second kappa shape index (κ2) is 3.82. The summed E-state index contributed by atoms with van der Waals surface area (Å²) in [6.45, 7) is 4.41. The lowest BCUT2D eigenvalue weighted by atomic mass is 10.00. The topological polar surface area (TPSA) is 55.0 Å². The Morgan fingerprint density at radius 1 is 1.29 bits per heavy atom. The van der Waals surface area contributed by atoms with E-state index in [4.69, 9.17) is 5.73 Å². The van der Waals surface area contributed by atoms with Gasteiger partial charge in [-0.15, -0.1) is 0 Å². The molecule has 4 nitrogen and oxygen atoms in total. The highest BCUT2D eigenvalue weighted by atomic mass is 15.2. The van der Waals surface area contributed by atoms with Gasteiger partial charge >= 0.3 is 0 Å². The van der Waals surface area contributed by atoms with Crippen molar-refractivity contribution in [3.05, 3.63) is 12.4 Å². The molecule has 1 saturated heterocycles. The fraction of sp³-hybridized carbons (Fsp3) is 0.600. The average molecular weight is 192 g/mol. The van der Waals surface area contributed by atoms with Gasteiger partial charge in [-0.2, -0.15) is 0 Å². The molecule has 0 amide bonds. The van der Waals surface area contributed by atoms with E-state index in [0.29, 0.717) is 5.69 Å². The Labute approximate surface area is 84.2 Å². The summed E-state index contributed by atoms with van der Waals surface area (Å²) in [5.41, 5.74) is 6.16. The molecule has 2 rings (SSSR count). The van der Waals surface area contributed by atoms with E-state index in [1.807, 2.05) is 0 Å². The van der Waals surface area contributed by atoms with Gasteiger partial charge in [0.15, 0.2) is 0 Å². The number of nitrogen functional groups attached to an aromatic ring is 1. The highest BCUT2D eigenvalue weighted by Gasteiger charge is 2.17. The van der Waals surface area contributed by atoms with Crippen molar-refractivity contribution in [1.82, 2.24) is 9.97 Å². The summed E-state index contributed by atoms with van der Waals surface area (Å²) in [6.07, 6.45) is 5.79. The van der Waals surface area contributed by atoms with E-state index < -0.39 is 0 Å². The van der Waals surface area contributed by atoms with E-state index in [0.717, 1.165) is 25.0 Å². The third-order valence-corrected chi connectivity index (χ3v) is 2.72. The van der Waals surface area contributed by atoms with Crippen molar-refractivity contribution >= 4 is 11.6 Å². The van der Waals surface area contributed by atoms with Crippen LogP contribution in [0.25, 0.3) is 0 Å². The molecule has 4 heteroatoms. The van der Waals surface area contributed by atoms with Gasteiger partial charge in [0.1, 0.15) is 0 Å². The van der Waals surface area contributed by atoms with Crippen LogP contribution >= 0.6 is 0 Å². The van der Waals surface area contributed by atoms with E-state index in [1.54, 1.807) is 12.4 Å². The first kappa shape index (κ1) is 9.24. The number of hydrogen-bond donors (Lipinski definition) is 1. The molecular formula is C10H16N4. The SMILES string of the molecule is CC1CCN(c2ncc(N)cn2)CC1. The van der Waals surface area contributed by atoms with Gasteiger partial charge in [-0.05, 0) is 18.8 Å². The normalized spacial score (nSPS) is 18.5. The molecule has 2 heterocycles. The number of hydrogen-bond acceptors (Lipinski definition) is 4. The molecule has 1 aromatic heterocycles. The number of rotatable bonds is 1. The van der Waals surface area contributed by atoms with Crippen molar-refractivity contribution in [3.63, 3.8) is 0 Å². The molecule has 0 unspecified atom stereocenters. The number of nitrogens with two attached hydrogens (primary N) is 1. The van der Waals surface area contributed by atoms with Crippen molar-refractivity contribution < 1.29 is 0 Å². The van der Waals surface area contributed by atoms with Gasteiger partial charge in [-0.3, -0.25) is 0 Å². The summed E-state index contributed by atoms with van der Waals surface area (Å²) in [5.74, 6) is 1.64. The Morgan fingerprint density at radius 2 is 1.86 bits per heavy atom. The summed E-state index contributed by atoms with van der Waals surface area (Å²) in [4.78, 5) is 10.7. The van der Waals surface area contributed by atoms with Gasteiger partial charge in [-0.1, -0.05) is 6.92 Å². The molecule has 14 heavy (non-hydrogen) atoms. The molecule has 1 aliphatic rings. The Balaban J connectivity index is 2.05. The van der Waals surface area contributed by atoms with Crippen molar-refractivity contribution in [3.8, 4) is 0 Å². The van der Waals surface area contributed by atoms with Crippen LogP contribution in [0.1, 0.15) is 19.8 Å². The quantitative estimate of drug-likeness (QED) is 0.728. The van der Waals surface area contributed by atoms with Crippen LogP contribution in [0, 0.1) is 5.92 Å². The minimum Gasteiger partial charge on any atom is -0.396 e. The third-order valence-electron chi connectivity index (χ3n) is 2.72. The lowest BCUT2D eigenvalue weighted by molar-refractivity contribution is 0.434. The monoisotopic (exact) mass is 192 g/mol. The molecule has 76 valence electrons. The van der Waals surface area contributed by atoms with E-state index in [-0.39, 0.29) is 0 Å². The number of anilines is 2. The molecule has 0 radical (unpaired) electrons. The summed E-state index contributed by atoms with van der Waals surface area (Å²) in [5, 5.41) is 0. The molecular weight excluding hydrogens is 176 g/mol. The van der Waals surface area contributed by atoms with E-state index in [1.165, 1.54) is 12.8 Å². The first-order valence-electron chi connectivity index (χ1n) is 5.08. The summed E-state index contributed by atoms with van der Waals surface area (Å²) in [6, 6.07) is 0. The largest absolute Gasteiger partial charge is 0.396 e. The molecule has 0 atom stereocenters. The Hall–Kier alpha value is -1.32. The Bertz CT molecular complexity index is 287. The molecule has 0 spiro atoms. The van der Waals surface area contributed by atoms with Crippen LogP contribution in [0.2, 0.25) is 0 Å². The van der Waals surface area contributed by atoms with Crippen LogP contribution in [0.4, 0.5) is 11.6 Å². The number of piperidine rings is 1. The van der Waals surface area contributed by atoms with E-state index >= 15 is 0 Å². The predicted octanol–water partition coefficient (Wildman–Crippen LogP) is 1.30. The lowest BCUT2D eigenvalue weighted by Crippen LogP contribution is -2.34. The van der Waals surface area contributed by atoms with Crippen LogP contribution in [-0.2, 0) is 0 Å².